The summed E-state index contributed by atoms with van der Waals surface area (Å²) in [6.07, 6.45) is 2.99. The molecule has 0 bridgehead atoms. The van der Waals surface area contributed by atoms with Gasteiger partial charge in [0, 0.05) is 33.3 Å². The van der Waals surface area contributed by atoms with Gasteiger partial charge in [0.15, 0.2) is 0 Å². The van der Waals surface area contributed by atoms with E-state index in [1.165, 1.54) is 6.08 Å². The minimum absolute atomic E-state index is 0.197. The molecule has 0 aliphatic rings. The van der Waals surface area contributed by atoms with Crippen molar-refractivity contribution in [2.45, 2.75) is 13.5 Å². The number of nitrogens with two attached hydrogens (primary N) is 1. The quantitative estimate of drug-likeness (QED) is 0.431. The van der Waals surface area contributed by atoms with Crippen LogP contribution in [-0.4, -0.2) is 10.9 Å². The summed E-state index contributed by atoms with van der Waals surface area (Å²) < 4.78 is 1.06. The molecule has 0 radical (unpaired) electrons. The molecular formula is C25H20N4OS. The fourth-order valence-electron chi connectivity index (χ4n) is 3.60. The molecule has 3 N–H and O–H groups in total. The number of amides is 1. The molecule has 0 saturated heterocycles. The molecule has 5 nitrogen and oxygen atoms in total. The highest BCUT2D eigenvalue weighted by Gasteiger charge is 2.19. The second-order valence-corrected chi connectivity index (χ2v) is 8.19. The number of anilines is 1. The molecule has 31 heavy (non-hydrogen) atoms. The Balaban J connectivity index is 1.86. The second kappa shape index (κ2) is 8.42. The van der Waals surface area contributed by atoms with Crippen molar-refractivity contribution in [3.05, 3.63) is 84.1 Å². The molecule has 0 spiro atoms. The van der Waals surface area contributed by atoms with E-state index in [1.807, 2.05) is 36.4 Å². The van der Waals surface area contributed by atoms with Gasteiger partial charge < -0.3 is 11.1 Å². The summed E-state index contributed by atoms with van der Waals surface area (Å²) in [4.78, 5) is 16.9. The lowest BCUT2D eigenvalue weighted by Gasteiger charge is -2.11. The van der Waals surface area contributed by atoms with Gasteiger partial charge in [0.1, 0.15) is 5.82 Å². The topological polar surface area (TPSA) is 91.8 Å². The van der Waals surface area contributed by atoms with Gasteiger partial charge in [-0.3, -0.25) is 4.79 Å². The van der Waals surface area contributed by atoms with Gasteiger partial charge in [-0.05, 0) is 53.5 Å². The first-order valence-electron chi connectivity index (χ1n) is 9.69. The van der Waals surface area contributed by atoms with Gasteiger partial charge in [0.05, 0.1) is 11.6 Å². The Hall–Kier alpha value is -3.95. The molecule has 2 aromatic carbocycles. The largest absolute Gasteiger partial charge is 0.383 e. The van der Waals surface area contributed by atoms with Crippen molar-refractivity contribution in [1.29, 1.82) is 5.26 Å². The van der Waals surface area contributed by atoms with E-state index in [4.69, 9.17) is 11.0 Å². The summed E-state index contributed by atoms with van der Waals surface area (Å²) in [7, 11) is 0. The number of nitriles is 1. The van der Waals surface area contributed by atoms with Crippen LogP contribution < -0.4 is 11.1 Å². The van der Waals surface area contributed by atoms with Crippen molar-refractivity contribution >= 4 is 33.1 Å². The number of thiophene rings is 1. The van der Waals surface area contributed by atoms with Crippen LogP contribution in [0, 0.1) is 18.3 Å². The summed E-state index contributed by atoms with van der Waals surface area (Å²) in [6.45, 7) is 5.98. The summed E-state index contributed by atoms with van der Waals surface area (Å²) in [5, 5.41) is 12.9. The van der Waals surface area contributed by atoms with Crippen LogP contribution >= 0.6 is 11.3 Å². The van der Waals surface area contributed by atoms with Crippen LogP contribution in [0.1, 0.15) is 16.7 Å². The molecule has 0 aliphatic carbocycles. The number of pyridine rings is 1. The fraction of sp³-hybridized carbons (Fsp3) is 0.0800. The van der Waals surface area contributed by atoms with Crippen LogP contribution in [-0.2, 0) is 11.3 Å². The normalized spacial score (nSPS) is 10.6. The standard InChI is InChI=1S/C25H20N4OS/c1-3-21(30)29-14-17-6-9-19(15(2)12-17)24-22(18-7-4-16(13-26)5-8-18)23-20(31-24)10-11-28-25(23)27/h3-12H,1,14H2,2H3,(H2,27,28)(H,29,30). The van der Waals surface area contributed by atoms with Crippen LogP contribution in [0.5, 0.6) is 0 Å². The first kappa shape index (κ1) is 20.3. The third kappa shape index (κ3) is 3.91. The zero-order chi connectivity index (χ0) is 22.0. The smallest absolute Gasteiger partial charge is 0.243 e. The third-order valence-electron chi connectivity index (χ3n) is 5.12. The Kier molecular flexibility index (Phi) is 5.52. The van der Waals surface area contributed by atoms with Crippen LogP contribution in [0.15, 0.2) is 67.4 Å². The van der Waals surface area contributed by atoms with Gasteiger partial charge in [0.25, 0.3) is 0 Å². The van der Waals surface area contributed by atoms with E-state index in [0.29, 0.717) is 17.9 Å². The van der Waals surface area contributed by atoms with Gasteiger partial charge >= 0.3 is 0 Å². The predicted octanol–water partition coefficient (Wildman–Crippen LogP) is 5.19. The number of aromatic nitrogens is 1. The number of nitrogens with zero attached hydrogens (tertiary/aromatic N) is 2. The Bertz CT molecular complexity index is 1350. The zero-order valence-corrected chi connectivity index (χ0v) is 17.8. The average molecular weight is 425 g/mol. The van der Waals surface area contributed by atoms with E-state index in [-0.39, 0.29) is 5.91 Å². The summed E-state index contributed by atoms with van der Waals surface area (Å²) in [6, 6.07) is 17.8. The summed E-state index contributed by atoms with van der Waals surface area (Å²) >= 11 is 1.67. The summed E-state index contributed by atoms with van der Waals surface area (Å²) in [5.41, 5.74) is 12.1. The minimum atomic E-state index is -0.197. The van der Waals surface area contributed by atoms with Crippen LogP contribution in [0.3, 0.4) is 0 Å². The van der Waals surface area contributed by atoms with Crippen LogP contribution in [0.2, 0.25) is 0 Å². The monoisotopic (exact) mass is 424 g/mol. The number of rotatable bonds is 5. The molecule has 0 saturated carbocycles. The number of carbonyl (C=O) groups is 1. The predicted molar refractivity (Wildman–Crippen MR) is 126 cm³/mol. The first-order chi connectivity index (χ1) is 15.0. The highest BCUT2D eigenvalue weighted by Crippen LogP contribution is 2.47. The fourth-order valence-corrected chi connectivity index (χ4v) is 4.92. The number of carbonyl (C=O) groups excluding carboxylic acids is 1. The van der Waals surface area contributed by atoms with Crippen molar-refractivity contribution in [3.63, 3.8) is 0 Å². The lowest BCUT2D eigenvalue weighted by atomic mass is 9.95. The molecule has 1 amide bonds. The number of hydrogen-bond donors (Lipinski definition) is 2. The van der Waals surface area contributed by atoms with E-state index in [1.54, 1.807) is 17.5 Å². The molecule has 0 atom stereocenters. The van der Waals surface area contributed by atoms with E-state index in [0.717, 1.165) is 42.8 Å². The lowest BCUT2D eigenvalue weighted by molar-refractivity contribution is -0.116. The van der Waals surface area contributed by atoms with E-state index < -0.39 is 0 Å². The molecule has 0 aliphatic heterocycles. The summed E-state index contributed by atoms with van der Waals surface area (Å²) in [5.74, 6) is 0.290. The van der Waals surface area contributed by atoms with Crippen molar-refractivity contribution in [3.8, 4) is 27.6 Å². The first-order valence-corrected chi connectivity index (χ1v) is 10.5. The zero-order valence-electron chi connectivity index (χ0n) is 17.0. The second-order valence-electron chi connectivity index (χ2n) is 7.14. The Morgan fingerprint density at radius 3 is 2.71 bits per heavy atom. The van der Waals surface area contributed by atoms with Gasteiger partial charge in [-0.15, -0.1) is 11.3 Å². The van der Waals surface area contributed by atoms with Crippen LogP contribution in [0.4, 0.5) is 5.82 Å². The molecular weight excluding hydrogens is 404 g/mol. The molecule has 0 unspecified atom stereocenters. The van der Waals surface area contributed by atoms with Crippen molar-refractivity contribution in [2.24, 2.45) is 0 Å². The molecule has 152 valence electrons. The van der Waals surface area contributed by atoms with E-state index in [9.17, 15) is 4.79 Å². The van der Waals surface area contributed by atoms with Gasteiger partial charge in [0.2, 0.25) is 5.91 Å². The van der Waals surface area contributed by atoms with Gasteiger partial charge in [-0.1, -0.05) is 36.9 Å². The SMILES string of the molecule is C=CC(=O)NCc1ccc(-c2sc3ccnc(N)c3c2-c2ccc(C#N)cc2)c(C)c1. The maximum absolute atomic E-state index is 11.5. The molecule has 0 fully saturated rings. The maximum atomic E-state index is 11.5. The number of hydrogen-bond acceptors (Lipinski definition) is 5. The minimum Gasteiger partial charge on any atom is -0.383 e. The van der Waals surface area contributed by atoms with Crippen molar-refractivity contribution < 1.29 is 4.79 Å². The van der Waals surface area contributed by atoms with Crippen molar-refractivity contribution in [1.82, 2.24) is 10.3 Å². The van der Waals surface area contributed by atoms with E-state index in [2.05, 4.69) is 42.0 Å². The Morgan fingerprint density at radius 1 is 1.26 bits per heavy atom. The Morgan fingerprint density at radius 2 is 2.03 bits per heavy atom. The van der Waals surface area contributed by atoms with Crippen LogP contribution in [0.25, 0.3) is 31.7 Å². The average Bonchev–Trinajstić information content (AvgIpc) is 3.18. The molecule has 6 heteroatoms. The number of fused-ring (bicyclic) bond motifs is 1. The number of nitrogen functional groups attached to an aromatic ring is 1. The van der Waals surface area contributed by atoms with Gasteiger partial charge in [-0.2, -0.15) is 5.26 Å². The number of nitrogens with one attached hydrogen (secondary N) is 1. The third-order valence-corrected chi connectivity index (χ3v) is 6.31. The molecule has 2 aromatic heterocycles. The number of aryl methyl sites for hydroxylation is 1. The van der Waals surface area contributed by atoms with Crippen molar-refractivity contribution in [2.75, 3.05) is 5.73 Å². The van der Waals surface area contributed by atoms with Gasteiger partial charge in [-0.25, -0.2) is 4.98 Å². The highest BCUT2D eigenvalue weighted by atomic mass is 32.1. The molecule has 4 rings (SSSR count). The molecule has 2 heterocycles. The lowest BCUT2D eigenvalue weighted by Crippen LogP contribution is -2.19. The molecule has 4 aromatic rings. The number of benzene rings is 2. The Labute approximate surface area is 184 Å². The van der Waals surface area contributed by atoms with E-state index >= 15 is 0 Å². The maximum Gasteiger partial charge on any atom is 0.243 e. The highest BCUT2D eigenvalue weighted by molar-refractivity contribution is 7.23.